The lowest BCUT2D eigenvalue weighted by Crippen LogP contribution is -2.14. The Kier molecular flexibility index (Phi) is 2.71. The highest BCUT2D eigenvalue weighted by Gasteiger charge is 2.21. The monoisotopic (exact) mass is 240 g/mol. The first-order valence-electron chi connectivity index (χ1n) is 5.02. The third-order valence-corrected chi connectivity index (χ3v) is 2.99. The van der Waals surface area contributed by atoms with Gasteiger partial charge in [0.2, 0.25) is 0 Å². The van der Waals surface area contributed by atoms with E-state index in [-0.39, 0.29) is 11.5 Å². The molecule has 0 unspecified atom stereocenters. The van der Waals surface area contributed by atoms with Crippen LogP contribution in [0, 0.1) is 0 Å². The molecule has 0 aliphatic heterocycles. The van der Waals surface area contributed by atoms with E-state index in [2.05, 4.69) is 0 Å². The van der Waals surface area contributed by atoms with Gasteiger partial charge >= 0.3 is 10.1 Å². The molecule has 0 N–H and O–H groups in total. The van der Waals surface area contributed by atoms with E-state index >= 15 is 0 Å². The van der Waals surface area contributed by atoms with Crippen molar-refractivity contribution in [2.24, 2.45) is 0 Å². The molecule has 0 radical (unpaired) electrons. The Morgan fingerprint density at radius 1 is 1.25 bits per heavy atom. The van der Waals surface area contributed by atoms with Gasteiger partial charge in [0.05, 0.1) is 6.26 Å². The van der Waals surface area contributed by atoms with Crippen LogP contribution in [-0.2, 0) is 16.5 Å². The largest absolute Gasteiger partial charge is 0.382 e. The molecule has 0 bridgehead atoms. The topological polar surface area (TPSA) is 60.4 Å². The van der Waals surface area contributed by atoms with Gasteiger partial charge in [-0.25, -0.2) is 0 Å². The third-order valence-electron chi connectivity index (χ3n) is 2.51. The number of rotatable bonds is 2. The Balaban J connectivity index is 2.48. The Labute approximate surface area is 94.4 Å². The molecule has 0 fully saturated rings. The number of Topliss-reactive ketones (excluding diaryl/α,β-unsaturated/α-hetero) is 1. The van der Waals surface area contributed by atoms with Gasteiger partial charge in [-0.1, -0.05) is 12.1 Å². The van der Waals surface area contributed by atoms with Gasteiger partial charge in [-0.05, 0) is 18.9 Å². The molecule has 0 saturated carbocycles. The standard InChI is InChI=1S/C11H12O4S/c1-16(13,14)15-11-7-3-4-8-9(11)5-2-6-10(8)12/h3-4,7H,2,5-6H2,1H3. The average Bonchev–Trinajstić information content (AvgIpc) is 2.17. The van der Waals surface area contributed by atoms with Crippen LogP contribution in [-0.4, -0.2) is 20.5 Å². The summed E-state index contributed by atoms with van der Waals surface area (Å²) in [6.07, 6.45) is 2.95. The van der Waals surface area contributed by atoms with Gasteiger partial charge in [0.25, 0.3) is 0 Å². The fourth-order valence-corrected chi connectivity index (χ4v) is 2.37. The van der Waals surface area contributed by atoms with Gasteiger partial charge in [-0.15, -0.1) is 0 Å². The maximum atomic E-state index is 11.6. The molecule has 86 valence electrons. The van der Waals surface area contributed by atoms with Crippen LogP contribution >= 0.6 is 0 Å². The van der Waals surface area contributed by atoms with E-state index in [1.54, 1.807) is 18.2 Å². The fourth-order valence-electron chi connectivity index (χ4n) is 1.89. The highest BCUT2D eigenvalue weighted by Crippen LogP contribution is 2.30. The van der Waals surface area contributed by atoms with E-state index in [1.165, 1.54) is 0 Å². The van der Waals surface area contributed by atoms with Crippen molar-refractivity contribution in [3.05, 3.63) is 29.3 Å². The van der Waals surface area contributed by atoms with Crippen molar-refractivity contribution in [3.63, 3.8) is 0 Å². The Morgan fingerprint density at radius 2 is 2.00 bits per heavy atom. The lowest BCUT2D eigenvalue weighted by atomic mass is 9.90. The molecular formula is C11H12O4S. The minimum absolute atomic E-state index is 0.0557. The highest BCUT2D eigenvalue weighted by atomic mass is 32.2. The molecule has 2 rings (SSSR count). The summed E-state index contributed by atoms with van der Waals surface area (Å²) in [4.78, 5) is 11.6. The molecule has 0 heterocycles. The van der Waals surface area contributed by atoms with Crippen LogP contribution in [0.25, 0.3) is 0 Å². The quantitative estimate of drug-likeness (QED) is 0.736. The molecule has 0 atom stereocenters. The summed E-state index contributed by atoms with van der Waals surface area (Å²) < 4.78 is 27.0. The Bertz CT molecular complexity index is 531. The fraction of sp³-hybridized carbons (Fsp3) is 0.364. The second kappa shape index (κ2) is 3.90. The zero-order valence-corrected chi connectivity index (χ0v) is 9.71. The van der Waals surface area contributed by atoms with Crippen LogP contribution in [0.1, 0.15) is 28.8 Å². The molecule has 1 aliphatic carbocycles. The van der Waals surface area contributed by atoms with Crippen molar-refractivity contribution < 1.29 is 17.4 Å². The van der Waals surface area contributed by atoms with Gasteiger partial charge in [-0.2, -0.15) is 8.42 Å². The second-order valence-corrected chi connectivity index (χ2v) is 5.42. The lowest BCUT2D eigenvalue weighted by molar-refractivity contribution is 0.0972. The maximum absolute atomic E-state index is 11.6. The maximum Gasteiger partial charge on any atom is 0.306 e. The van der Waals surface area contributed by atoms with Crippen molar-refractivity contribution in [1.29, 1.82) is 0 Å². The molecule has 4 nitrogen and oxygen atoms in total. The van der Waals surface area contributed by atoms with Gasteiger partial charge in [0.1, 0.15) is 5.75 Å². The van der Waals surface area contributed by atoms with Gasteiger partial charge in [0.15, 0.2) is 5.78 Å². The van der Waals surface area contributed by atoms with Gasteiger partial charge < -0.3 is 4.18 Å². The van der Waals surface area contributed by atoms with Gasteiger partial charge in [-0.3, -0.25) is 4.79 Å². The number of ketones is 1. The first kappa shape index (κ1) is 11.1. The summed E-state index contributed by atoms with van der Waals surface area (Å²) in [5.41, 5.74) is 1.30. The van der Waals surface area contributed by atoms with Crippen molar-refractivity contribution in [3.8, 4) is 5.75 Å². The summed E-state index contributed by atoms with van der Waals surface area (Å²) >= 11 is 0. The number of benzene rings is 1. The van der Waals surface area contributed by atoms with E-state index in [0.717, 1.165) is 12.7 Å². The van der Waals surface area contributed by atoms with Crippen LogP contribution in [0.4, 0.5) is 0 Å². The molecule has 1 aliphatic rings. The predicted molar refractivity (Wildman–Crippen MR) is 59.2 cm³/mol. The van der Waals surface area contributed by atoms with Crippen LogP contribution in [0.15, 0.2) is 18.2 Å². The summed E-state index contributed by atoms with van der Waals surface area (Å²) in [5.74, 6) is 0.341. The molecule has 1 aromatic rings. The molecule has 5 heteroatoms. The zero-order valence-electron chi connectivity index (χ0n) is 8.89. The first-order chi connectivity index (χ1) is 7.47. The SMILES string of the molecule is CS(=O)(=O)Oc1cccc2c1CCCC2=O. The van der Waals surface area contributed by atoms with Crippen LogP contribution in [0.5, 0.6) is 5.75 Å². The normalized spacial score (nSPS) is 15.7. The zero-order chi connectivity index (χ0) is 11.8. The lowest BCUT2D eigenvalue weighted by Gasteiger charge is -2.17. The number of fused-ring (bicyclic) bond motifs is 1. The molecule has 1 aromatic carbocycles. The summed E-state index contributed by atoms with van der Waals surface area (Å²) in [6.45, 7) is 0. The molecule has 0 spiro atoms. The third kappa shape index (κ3) is 2.24. The highest BCUT2D eigenvalue weighted by molar-refractivity contribution is 7.86. The number of carbonyl (C=O) groups is 1. The number of hydrogen-bond donors (Lipinski definition) is 0. The van der Waals surface area contributed by atoms with Crippen LogP contribution in [0.2, 0.25) is 0 Å². The minimum Gasteiger partial charge on any atom is -0.382 e. The van der Waals surface area contributed by atoms with E-state index in [9.17, 15) is 13.2 Å². The van der Waals surface area contributed by atoms with E-state index < -0.39 is 10.1 Å². The van der Waals surface area contributed by atoms with Crippen LogP contribution < -0.4 is 4.18 Å². The molecule has 0 aromatic heterocycles. The van der Waals surface area contributed by atoms with Crippen molar-refractivity contribution in [1.82, 2.24) is 0 Å². The molecular weight excluding hydrogens is 228 g/mol. The van der Waals surface area contributed by atoms with Crippen molar-refractivity contribution >= 4 is 15.9 Å². The summed E-state index contributed by atoms with van der Waals surface area (Å²) in [6, 6.07) is 4.94. The van der Waals surface area contributed by atoms with Crippen molar-refractivity contribution in [2.75, 3.05) is 6.26 Å². The molecule has 16 heavy (non-hydrogen) atoms. The average molecular weight is 240 g/mol. The number of hydrogen-bond acceptors (Lipinski definition) is 4. The Morgan fingerprint density at radius 3 is 2.69 bits per heavy atom. The van der Waals surface area contributed by atoms with Crippen LogP contribution in [0.3, 0.4) is 0 Å². The first-order valence-corrected chi connectivity index (χ1v) is 6.83. The van der Waals surface area contributed by atoms with Gasteiger partial charge in [0, 0.05) is 17.5 Å². The second-order valence-electron chi connectivity index (χ2n) is 3.85. The van der Waals surface area contributed by atoms with E-state index in [4.69, 9.17) is 4.18 Å². The molecule has 0 amide bonds. The minimum atomic E-state index is -3.54. The van der Waals surface area contributed by atoms with Crippen molar-refractivity contribution in [2.45, 2.75) is 19.3 Å². The summed E-state index contributed by atoms with van der Waals surface area (Å²) in [5, 5.41) is 0. The van der Waals surface area contributed by atoms with E-state index in [0.29, 0.717) is 24.0 Å². The smallest absolute Gasteiger partial charge is 0.306 e. The Hall–Kier alpha value is -1.36. The molecule has 0 saturated heterocycles. The summed E-state index contributed by atoms with van der Waals surface area (Å²) in [7, 11) is -3.54. The van der Waals surface area contributed by atoms with E-state index in [1.807, 2.05) is 0 Å². The number of carbonyl (C=O) groups excluding carboxylic acids is 1. The predicted octanol–water partition coefficient (Wildman–Crippen LogP) is 1.54.